The third-order valence-electron chi connectivity index (χ3n) is 3.98. The van der Waals surface area contributed by atoms with Crippen molar-refractivity contribution in [2.24, 2.45) is 7.05 Å². The van der Waals surface area contributed by atoms with Crippen molar-refractivity contribution in [3.05, 3.63) is 18.4 Å². The highest BCUT2D eigenvalue weighted by Crippen LogP contribution is 2.23. The smallest absolute Gasteiger partial charge is 0.233 e. The number of hydrogen-bond acceptors (Lipinski definition) is 6. The summed E-state index contributed by atoms with van der Waals surface area (Å²) in [4.78, 5) is 27.2. The van der Waals surface area contributed by atoms with E-state index in [2.05, 4.69) is 10.2 Å². The lowest BCUT2D eigenvalue weighted by molar-refractivity contribution is -0.136. The van der Waals surface area contributed by atoms with E-state index in [1.807, 2.05) is 17.7 Å². The van der Waals surface area contributed by atoms with Crippen molar-refractivity contribution in [3.8, 4) is 11.6 Å². The summed E-state index contributed by atoms with van der Waals surface area (Å²) in [6.45, 7) is 3.90. The van der Waals surface area contributed by atoms with Crippen LogP contribution in [0.5, 0.6) is 0 Å². The number of nitrogens with zero attached hydrogens (tertiary/aromatic N) is 5. The van der Waals surface area contributed by atoms with Gasteiger partial charge in [-0.25, -0.2) is 0 Å². The van der Waals surface area contributed by atoms with Crippen molar-refractivity contribution in [3.63, 3.8) is 0 Å². The zero-order chi connectivity index (χ0) is 17.1. The van der Waals surface area contributed by atoms with Crippen molar-refractivity contribution >= 4 is 23.6 Å². The van der Waals surface area contributed by atoms with Gasteiger partial charge in [0.2, 0.25) is 11.8 Å². The lowest BCUT2D eigenvalue weighted by atomic mass is 10.3. The zero-order valence-electron chi connectivity index (χ0n) is 13.6. The van der Waals surface area contributed by atoms with Crippen LogP contribution in [0.25, 0.3) is 11.6 Å². The van der Waals surface area contributed by atoms with Gasteiger partial charge >= 0.3 is 0 Å². The molecule has 2 aromatic heterocycles. The Kier molecular flexibility index (Phi) is 4.89. The van der Waals surface area contributed by atoms with E-state index < -0.39 is 0 Å². The average Bonchev–Trinajstić information content (AvgIpc) is 3.22. The summed E-state index contributed by atoms with van der Waals surface area (Å²) >= 11 is 1.35. The van der Waals surface area contributed by atoms with Crippen LogP contribution in [0.3, 0.4) is 0 Å². The van der Waals surface area contributed by atoms with Crippen LogP contribution in [0.1, 0.15) is 6.92 Å². The molecule has 0 bridgehead atoms. The highest BCUT2D eigenvalue weighted by molar-refractivity contribution is 7.99. The number of aromatic nitrogens is 3. The Hall–Kier alpha value is -2.29. The van der Waals surface area contributed by atoms with E-state index in [0.29, 0.717) is 48.7 Å². The predicted molar refractivity (Wildman–Crippen MR) is 88.3 cm³/mol. The molecule has 1 aliphatic heterocycles. The summed E-state index contributed by atoms with van der Waals surface area (Å²) < 4.78 is 7.13. The van der Waals surface area contributed by atoms with Crippen molar-refractivity contribution in [2.45, 2.75) is 12.1 Å². The van der Waals surface area contributed by atoms with E-state index in [0.717, 1.165) is 0 Å². The summed E-state index contributed by atoms with van der Waals surface area (Å²) in [6.07, 6.45) is 1.58. The first-order valence-corrected chi connectivity index (χ1v) is 8.64. The Labute approximate surface area is 143 Å². The zero-order valence-corrected chi connectivity index (χ0v) is 14.5. The van der Waals surface area contributed by atoms with E-state index in [1.165, 1.54) is 11.8 Å². The second-order valence-electron chi connectivity index (χ2n) is 5.52. The molecule has 3 heterocycles. The fourth-order valence-corrected chi connectivity index (χ4v) is 3.36. The molecule has 0 radical (unpaired) electrons. The molecule has 0 aromatic carbocycles. The minimum Gasteiger partial charge on any atom is -0.461 e. The number of amides is 2. The summed E-state index contributed by atoms with van der Waals surface area (Å²) in [5.74, 6) is 1.67. The van der Waals surface area contributed by atoms with Crippen molar-refractivity contribution in [2.75, 3.05) is 31.9 Å². The van der Waals surface area contributed by atoms with Crippen molar-refractivity contribution < 1.29 is 14.0 Å². The normalized spacial score (nSPS) is 14.9. The van der Waals surface area contributed by atoms with Gasteiger partial charge in [0.1, 0.15) is 0 Å². The van der Waals surface area contributed by atoms with Gasteiger partial charge in [0, 0.05) is 40.2 Å². The van der Waals surface area contributed by atoms with Crippen LogP contribution in [-0.2, 0) is 16.6 Å². The summed E-state index contributed by atoms with van der Waals surface area (Å²) in [7, 11) is 1.84. The highest BCUT2D eigenvalue weighted by atomic mass is 32.2. The second-order valence-corrected chi connectivity index (χ2v) is 6.46. The van der Waals surface area contributed by atoms with Gasteiger partial charge in [-0.1, -0.05) is 11.8 Å². The first kappa shape index (κ1) is 16.6. The topological polar surface area (TPSA) is 84.5 Å². The summed E-state index contributed by atoms with van der Waals surface area (Å²) in [5.41, 5.74) is 0. The van der Waals surface area contributed by atoms with Gasteiger partial charge in [0.25, 0.3) is 0 Å². The van der Waals surface area contributed by atoms with Gasteiger partial charge in [-0.05, 0) is 12.1 Å². The molecule has 2 aromatic rings. The first-order chi connectivity index (χ1) is 11.6. The maximum Gasteiger partial charge on any atom is 0.233 e. The van der Waals surface area contributed by atoms with E-state index in [9.17, 15) is 9.59 Å². The Bertz CT molecular complexity index is 720. The number of hydrogen-bond donors (Lipinski definition) is 0. The fourth-order valence-electron chi connectivity index (χ4n) is 2.55. The van der Waals surface area contributed by atoms with E-state index in [1.54, 1.807) is 29.1 Å². The Morgan fingerprint density at radius 1 is 1.21 bits per heavy atom. The molecule has 0 spiro atoms. The van der Waals surface area contributed by atoms with Crippen LogP contribution in [0.2, 0.25) is 0 Å². The SMILES string of the molecule is CC(=O)N1CCN(C(=O)CSc2nnc(-c3ccco3)n2C)CC1. The number of piperazine rings is 1. The highest BCUT2D eigenvalue weighted by Gasteiger charge is 2.23. The minimum absolute atomic E-state index is 0.0470. The van der Waals surface area contributed by atoms with Crippen LogP contribution < -0.4 is 0 Å². The molecule has 0 unspecified atom stereocenters. The van der Waals surface area contributed by atoms with E-state index in [4.69, 9.17) is 4.42 Å². The molecule has 128 valence electrons. The average molecular weight is 349 g/mol. The molecule has 24 heavy (non-hydrogen) atoms. The van der Waals surface area contributed by atoms with Crippen LogP contribution in [0.15, 0.2) is 28.0 Å². The summed E-state index contributed by atoms with van der Waals surface area (Å²) in [5, 5.41) is 8.89. The van der Waals surface area contributed by atoms with Gasteiger partial charge in [0.05, 0.1) is 12.0 Å². The largest absolute Gasteiger partial charge is 0.461 e. The lowest BCUT2D eigenvalue weighted by Gasteiger charge is -2.34. The van der Waals surface area contributed by atoms with E-state index in [-0.39, 0.29) is 11.8 Å². The molecule has 0 aliphatic carbocycles. The Morgan fingerprint density at radius 2 is 1.92 bits per heavy atom. The van der Waals surface area contributed by atoms with Gasteiger partial charge < -0.3 is 18.8 Å². The van der Waals surface area contributed by atoms with Crippen LogP contribution in [-0.4, -0.2) is 68.3 Å². The maximum atomic E-state index is 12.3. The van der Waals surface area contributed by atoms with Gasteiger partial charge in [0.15, 0.2) is 16.7 Å². The minimum atomic E-state index is 0.0470. The lowest BCUT2D eigenvalue weighted by Crippen LogP contribution is -2.50. The third-order valence-corrected chi connectivity index (χ3v) is 4.98. The number of furan rings is 1. The molecule has 1 fully saturated rings. The molecular weight excluding hydrogens is 330 g/mol. The first-order valence-electron chi connectivity index (χ1n) is 7.65. The molecule has 2 amide bonds. The van der Waals surface area contributed by atoms with Crippen LogP contribution in [0.4, 0.5) is 0 Å². The molecule has 3 rings (SSSR count). The molecule has 0 saturated carbocycles. The molecule has 1 saturated heterocycles. The maximum absolute atomic E-state index is 12.3. The molecular formula is C15H19N5O3S. The second kappa shape index (κ2) is 7.08. The number of carbonyl (C=O) groups excluding carboxylic acids is 2. The van der Waals surface area contributed by atoms with Gasteiger partial charge in [-0.2, -0.15) is 0 Å². The monoisotopic (exact) mass is 349 g/mol. The molecule has 8 nitrogen and oxygen atoms in total. The fraction of sp³-hybridized carbons (Fsp3) is 0.467. The van der Waals surface area contributed by atoms with Gasteiger partial charge in [-0.15, -0.1) is 10.2 Å². The molecule has 0 N–H and O–H groups in total. The van der Waals surface area contributed by atoms with Crippen LogP contribution >= 0.6 is 11.8 Å². The number of rotatable bonds is 4. The van der Waals surface area contributed by atoms with Crippen molar-refractivity contribution in [1.29, 1.82) is 0 Å². The van der Waals surface area contributed by atoms with E-state index >= 15 is 0 Å². The number of thioether (sulfide) groups is 1. The van der Waals surface area contributed by atoms with Crippen molar-refractivity contribution in [1.82, 2.24) is 24.6 Å². The molecule has 0 atom stereocenters. The number of carbonyl (C=O) groups is 2. The third kappa shape index (κ3) is 3.45. The Balaban J connectivity index is 1.55. The molecule has 9 heteroatoms. The summed E-state index contributed by atoms with van der Waals surface area (Å²) in [6, 6.07) is 3.61. The Morgan fingerprint density at radius 3 is 2.54 bits per heavy atom. The van der Waals surface area contributed by atoms with Gasteiger partial charge in [-0.3, -0.25) is 9.59 Å². The molecule has 1 aliphatic rings. The quantitative estimate of drug-likeness (QED) is 0.761. The standard InChI is InChI=1S/C15H19N5O3S/c1-11(21)19-5-7-20(8-6-19)13(22)10-24-15-17-16-14(18(15)2)12-4-3-9-23-12/h3-4,9H,5-8,10H2,1-2H3. The predicted octanol–water partition coefficient (Wildman–Crippen LogP) is 0.858. The van der Waals surface area contributed by atoms with Crippen LogP contribution in [0, 0.1) is 0 Å².